The van der Waals surface area contributed by atoms with Crippen molar-refractivity contribution in [2.45, 2.75) is 89.0 Å². The molecule has 0 aliphatic carbocycles. The normalized spacial score (nSPS) is 38.0. The quantitative estimate of drug-likeness (QED) is 0.143. The first-order chi connectivity index (χ1) is 16.3. The van der Waals surface area contributed by atoms with E-state index in [-0.39, 0.29) is 13.2 Å². The van der Waals surface area contributed by atoms with Crippen molar-refractivity contribution in [3.63, 3.8) is 0 Å². The first-order valence-corrected chi connectivity index (χ1v) is 11.3. The molecule has 0 saturated carbocycles. The highest BCUT2D eigenvalue weighted by Gasteiger charge is 2.51. The molecule has 10 atom stereocenters. The zero-order chi connectivity index (χ0) is 26.5. The van der Waals surface area contributed by atoms with E-state index in [0.717, 1.165) is 0 Å². The lowest BCUT2D eigenvalue weighted by Gasteiger charge is -2.47. The second kappa shape index (κ2) is 12.5. The molecule has 0 radical (unpaired) electrons. The molecule has 0 aromatic rings. The Morgan fingerprint density at radius 3 is 2.17 bits per heavy atom. The Kier molecular flexibility index (Phi) is 10.6. The number of nitrogens with one attached hydrogen (secondary N) is 1. The fraction of sp³-hybridized carbons (Fsp3) is 0.818. The molecule has 13 heteroatoms. The zero-order valence-corrected chi connectivity index (χ0v) is 20.3. The molecule has 13 nitrogen and oxygen atoms in total. The van der Waals surface area contributed by atoms with Gasteiger partial charge in [-0.05, 0) is 20.8 Å². The monoisotopic (exact) mass is 507 g/mol. The predicted octanol–water partition coefficient (Wildman–Crippen LogP) is -2.45. The van der Waals surface area contributed by atoms with Gasteiger partial charge in [-0.25, -0.2) is 0 Å². The van der Waals surface area contributed by atoms with Crippen LogP contribution in [0.3, 0.4) is 0 Å². The third-order valence-corrected chi connectivity index (χ3v) is 5.55. The Hall–Kier alpha value is -1.68. The molecule has 2 saturated heterocycles. The van der Waals surface area contributed by atoms with Crippen molar-refractivity contribution < 1.29 is 58.8 Å². The van der Waals surface area contributed by atoms with Crippen LogP contribution >= 0.6 is 0 Å². The lowest BCUT2D eigenvalue weighted by molar-refractivity contribution is -0.346. The Morgan fingerprint density at radius 1 is 1.00 bits per heavy atom. The van der Waals surface area contributed by atoms with Crippen LogP contribution in [0.5, 0.6) is 0 Å². The molecular weight excluding hydrogens is 470 g/mol. The van der Waals surface area contributed by atoms with Gasteiger partial charge in [-0.2, -0.15) is 0 Å². The average Bonchev–Trinajstić information content (AvgIpc) is 2.78. The highest BCUT2D eigenvalue weighted by molar-refractivity contribution is 5.75. The summed E-state index contributed by atoms with van der Waals surface area (Å²) in [6.45, 7) is 8.56. The minimum absolute atomic E-state index is 0.0228. The summed E-state index contributed by atoms with van der Waals surface area (Å²) in [5.41, 5.74) is -0.814. The van der Waals surface area contributed by atoms with Gasteiger partial charge in [0, 0.05) is 6.92 Å². The van der Waals surface area contributed by atoms with Crippen LogP contribution in [0.4, 0.5) is 0 Å². The SMILES string of the molecule is C=CCO[C@@H]1O[C@H](COC(=O)C(C)(C)C)[C@H](O)[C@H](O[C@@H]2O[C@H](CO)[C@@H](O)[C@H](O)[C@H]2NC(C)=O)[C@H]1O. The smallest absolute Gasteiger partial charge is 0.311 e. The van der Waals surface area contributed by atoms with Gasteiger partial charge in [0.1, 0.15) is 55.4 Å². The van der Waals surface area contributed by atoms with Crippen molar-refractivity contribution >= 4 is 11.9 Å². The molecule has 202 valence electrons. The third kappa shape index (κ3) is 7.41. The number of carbonyl (C=O) groups is 2. The minimum atomic E-state index is -1.60. The van der Waals surface area contributed by atoms with Gasteiger partial charge in [-0.15, -0.1) is 6.58 Å². The van der Waals surface area contributed by atoms with Crippen LogP contribution in [-0.2, 0) is 33.3 Å². The maximum Gasteiger partial charge on any atom is 0.311 e. The summed E-state index contributed by atoms with van der Waals surface area (Å²) in [7, 11) is 0. The van der Waals surface area contributed by atoms with E-state index in [2.05, 4.69) is 11.9 Å². The van der Waals surface area contributed by atoms with Crippen molar-refractivity contribution in [3.05, 3.63) is 12.7 Å². The molecule has 6 N–H and O–H groups in total. The number of aliphatic hydroxyl groups excluding tert-OH is 5. The second-order valence-corrected chi connectivity index (χ2v) is 9.53. The molecule has 1 amide bonds. The Labute approximate surface area is 203 Å². The summed E-state index contributed by atoms with van der Waals surface area (Å²) in [5, 5.41) is 54.3. The summed E-state index contributed by atoms with van der Waals surface area (Å²) in [6, 6.07) is -1.31. The molecule has 0 unspecified atom stereocenters. The molecule has 2 rings (SSSR count). The van der Waals surface area contributed by atoms with Crippen molar-refractivity contribution in [1.82, 2.24) is 5.32 Å². The Morgan fingerprint density at radius 2 is 1.63 bits per heavy atom. The van der Waals surface area contributed by atoms with Gasteiger partial charge >= 0.3 is 5.97 Å². The van der Waals surface area contributed by atoms with E-state index in [1.165, 1.54) is 13.0 Å². The Balaban J connectivity index is 2.27. The number of hydrogen-bond donors (Lipinski definition) is 6. The van der Waals surface area contributed by atoms with E-state index < -0.39 is 85.2 Å². The van der Waals surface area contributed by atoms with Crippen LogP contribution in [0.15, 0.2) is 12.7 Å². The minimum Gasteiger partial charge on any atom is -0.462 e. The third-order valence-electron chi connectivity index (χ3n) is 5.55. The lowest BCUT2D eigenvalue weighted by Crippen LogP contribution is -2.67. The molecule has 0 spiro atoms. The van der Waals surface area contributed by atoms with Gasteiger partial charge in [-0.3, -0.25) is 9.59 Å². The van der Waals surface area contributed by atoms with Crippen molar-refractivity contribution in [2.75, 3.05) is 19.8 Å². The number of amides is 1. The highest BCUT2D eigenvalue weighted by atomic mass is 16.7. The van der Waals surface area contributed by atoms with E-state index in [9.17, 15) is 35.1 Å². The van der Waals surface area contributed by atoms with Gasteiger partial charge in [-0.1, -0.05) is 6.08 Å². The topological polar surface area (TPSA) is 193 Å². The predicted molar refractivity (Wildman–Crippen MR) is 117 cm³/mol. The highest BCUT2D eigenvalue weighted by Crippen LogP contribution is 2.30. The van der Waals surface area contributed by atoms with Crippen LogP contribution in [0.2, 0.25) is 0 Å². The molecule has 0 aromatic carbocycles. The van der Waals surface area contributed by atoms with Gasteiger partial charge in [0.25, 0.3) is 0 Å². The largest absolute Gasteiger partial charge is 0.462 e. The molecule has 2 fully saturated rings. The van der Waals surface area contributed by atoms with Crippen molar-refractivity contribution in [1.29, 1.82) is 0 Å². The van der Waals surface area contributed by atoms with Gasteiger partial charge in [0.2, 0.25) is 5.91 Å². The average molecular weight is 508 g/mol. The molecular formula is C22H37NO12. The maximum absolute atomic E-state index is 12.2. The molecule has 2 heterocycles. The summed E-state index contributed by atoms with van der Waals surface area (Å²) >= 11 is 0. The van der Waals surface area contributed by atoms with Gasteiger partial charge in [0.05, 0.1) is 18.6 Å². The standard InChI is InChI=1S/C22H37NO12/c1-6-7-31-20-17(29)18(15(27)12(34-20)9-32-21(30)22(3,4)5)35-19-13(23-10(2)25)16(28)14(26)11(8-24)33-19/h6,11-20,24,26-29H,1,7-9H2,2-5H3,(H,23,25)/t11-,12-,13-,14-,15+,16-,17-,18+,19+,20-/m1/s1. The van der Waals surface area contributed by atoms with E-state index in [4.69, 9.17) is 23.7 Å². The summed E-state index contributed by atoms with van der Waals surface area (Å²) in [4.78, 5) is 23.9. The van der Waals surface area contributed by atoms with E-state index in [0.29, 0.717) is 0 Å². The molecule has 2 aliphatic heterocycles. The van der Waals surface area contributed by atoms with Crippen molar-refractivity contribution in [2.24, 2.45) is 5.41 Å². The molecule has 2 aliphatic rings. The molecule has 35 heavy (non-hydrogen) atoms. The lowest BCUT2D eigenvalue weighted by atomic mass is 9.95. The Bertz CT molecular complexity index is 728. The summed E-state index contributed by atoms with van der Waals surface area (Å²) in [6.07, 6.45) is -11.6. The van der Waals surface area contributed by atoms with E-state index in [1.54, 1.807) is 20.8 Å². The summed E-state index contributed by atoms with van der Waals surface area (Å²) < 4.78 is 27.6. The second-order valence-electron chi connectivity index (χ2n) is 9.53. The number of aliphatic hydroxyl groups is 5. The van der Waals surface area contributed by atoms with Gasteiger partial charge in [0.15, 0.2) is 12.6 Å². The number of ether oxygens (including phenoxy) is 5. The molecule has 0 bridgehead atoms. The fourth-order valence-electron chi connectivity index (χ4n) is 3.62. The summed E-state index contributed by atoms with van der Waals surface area (Å²) in [5.74, 6) is -1.13. The van der Waals surface area contributed by atoms with E-state index >= 15 is 0 Å². The first kappa shape index (κ1) is 29.5. The number of rotatable bonds is 9. The van der Waals surface area contributed by atoms with Crippen LogP contribution in [0.25, 0.3) is 0 Å². The maximum atomic E-state index is 12.2. The van der Waals surface area contributed by atoms with Crippen LogP contribution < -0.4 is 5.32 Å². The van der Waals surface area contributed by atoms with Crippen LogP contribution in [0.1, 0.15) is 27.7 Å². The fourth-order valence-corrected chi connectivity index (χ4v) is 3.62. The van der Waals surface area contributed by atoms with E-state index in [1.807, 2.05) is 0 Å². The number of esters is 1. The van der Waals surface area contributed by atoms with Gasteiger partial charge < -0.3 is 54.5 Å². The number of carbonyl (C=O) groups excluding carboxylic acids is 2. The number of hydrogen-bond acceptors (Lipinski definition) is 12. The molecule has 0 aromatic heterocycles. The zero-order valence-electron chi connectivity index (χ0n) is 20.3. The van der Waals surface area contributed by atoms with Crippen LogP contribution in [0, 0.1) is 5.41 Å². The van der Waals surface area contributed by atoms with Crippen molar-refractivity contribution in [3.8, 4) is 0 Å². The first-order valence-electron chi connectivity index (χ1n) is 11.3. The van der Waals surface area contributed by atoms with Crippen LogP contribution in [-0.4, -0.2) is 119 Å².